The van der Waals surface area contributed by atoms with E-state index in [1.807, 2.05) is 0 Å². The van der Waals surface area contributed by atoms with Gasteiger partial charge in [-0.1, -0.05) is 5.70 Å². The first-order valence-corrected chi connectivity index (χ1v) is 7.18. The van der Waals surface area contributed by atoms with E-state index in [-0.39, 0.29) is 0 Å². The van der Waals surface area contributed by atoms with Crippen molar-refractivity contribution in [2.45, 2.75) is 13.1 Å². The summed E-state index contributed by atoms with van der Waals surface area (Å²) in [7, 11) is -6.63. The van der Waals surface area contributed by atoms with Crippen LogP contribution >= 0.6 is 7.82 Å². The second kappa shape index (κ2) is 2.98. The zero-order valence-electron chi connectivity index (χ0n) is 5.94. The summed E-state index contributed by atoms with van der Waals surface area (Å²) in [5.41, 5.74) is 1.46. The van der Waals surface area contributed by atoms with Gasteiger partial charge in [0.1, 0.15) is 0 Å². The maximum atomic E-state index is 10.3. The Morgan fingerprint density at radius 1 is 1.60 bits per heavy atom. The largest absolute Gasteiger partial charge is 0.460 e. The Labute approximate surface area is 60.9 Å². The van der Waals surface area contributed by atoms with Gasteiger partial charge >= 0.3 is 7.82 Å². The molecule has 0 unspecified atom stereocenters. The predicted molar refractivity (Wildman–Crippen MR) is 40.8 cm³/mol. The van der Waals surface area contributed by atoms with Crippen molar-refractivity contribution < 1.29 is 18.6 Å². The highest BCUT2D eigenvalue weighted by atomic mass is 31.2. The van der Waals surface area contributed by atoms with Crippen LogP contribution in [0, 0.1) is 0 Å². The molecule has 0 fully saturated rings. The van der Waals surface area contributed by atoms with Crippen molar-refractivity contribution in [3.8, 4) is 0 Å². The fraction of sp³-hybridized carbons (Fsp3) is 0.500. The Morgan fingerprint density at radius 3 is 2.10 bits per heavy atom. The number of rotatable bonds is 3. The Bertz CT molecular complexity index is 172. The monoisotopic (exact) mass is 182 g/mol. The number of hydrogen-bond acceptors (Lipinski definition) is 2. The van der Waals surface area contributed by atoms with Gasteiger partial charge in [0, 0.05) is 0 Å². The normalized spacial score (nSPS) is 13.2. The first-order valence-electron chi connectivity index (χ1n) is 2.67. The lowest BCUT2D eigenvalue weighted by molar-refractivity contribution is 0.282. The van der Waals surface area contributed by atoms with Gasteiger partial charge in [-0.05, 0) is 13.1 Å². The summed E-state index contributed by atoms with van der Waals surface area (Å²) >= 11 is 0. The van der Waals surface area contributed by atoms with Crippen LogP contribution in [0.3, 0.4) is 0 Å². The molecule has 0 aliphatic rings. The van der Waals surface area contributed by atoms with Gasteiger partial charge in [-0.15, -0.1) is 6.58 Å². The molecule has 10 heavy (non-hydrogen) atoms. The summed E-state index contributed by atoms with van der Waals surface area (Å²) in [6.45, 7) is 6.71. The van der Waals surface area contributed by atoms with Gasteiger partial charge in [0.15, 0.2) is 0 Å². The number of phosphoric acid groups is 1. The molecule has 0 atom stereocenters. The lowest BCUT2D eigenvalue weighted by Crippen LogP contribution is -2.25. The molecule has 0 aliphatic heterocycles. The highest BCUT2D eigenvalue weighted by Crippen LogP contribution is 2.39. The van der Waals surface area contributed by atoms with Gasteiger partial charge in [-0.2, -0.15) is 0 Å². The van der Waals surface area contributed by atoms with Crippen LogP contribution < -0.4 is 0 Å². The molecule has 6 heteroatoms. The van der Waals surface area contributed by atoms with Crippen molar-refractivity contribution in [1.29, 1.82) is 0 Å². The number of hydrogen-bond donors (Lipinski definition) is 2. The molecule has 60 valence electrons. The molecule has 2 N–H and O–H groups in total. The zero-order valence-corrected chi connectivity index (χ0v) is 7.84. The Balaban J connectivity index is 4.15. The van der Waals surface area contributed by atoms with Crippen LogP contribution in [0.2, 0.25) is 13.1 Å². The van der Waals surface area contributed by atoms with Crippen molar-refractivity contribution in [1.82, 2.24) is 0 Å². The molecule has 0 bridgehead atoms. The van der Waals surface area contributed by atoms with Gasteiger partial charge in [-0.25, -0.2) is 4.57 Å². The summed E-state index contributed by atoms with van der Waals surface area (Å²) in [4.78, 5) is 16.7. The topological polar surface area (TPSA) is 66.8 Å². The lowest BCUT2D eigenvalue weighted by Gasteiger charge is -2.17. The fourth-order valence-electron chi connectivity index (χ4n) is 0.344. The lowest BCUT2D eigenvalue weighted by atomic mass is 11.3. The minimum Gasteiger partial charge on any atom is -0.326 e. The molecule has 0 spiro atoms. The van der Waals surface area contributed by atoms with E-state index in [0.717, 1.165) is 0 Å². The third-order valence-electron chi connectivity index (χ3n) is 0.846. The van der Waals surface area contributed by atoms with Crippen molar-refractivity contribution in [2.24, 2.45) is 0 Å². The molecular weight excluding hydrogens is 171 g/mol. The van der Waals surface area contributed by atoms with Crippen LogP contribution in [-0.2, 0) is 8.78 Å². The highest BCUT2D eigenvalue weighted by molar-refractivity contribution is 7.48. The summed E-state index contributed by atoms with van der Waals surface area (Å²) in [6.07, 6.45) is 0. The van der Waals surface area contributed by atoms with Crippen LogP contribution in [0.4, 0.5) is 0 Å². The van der Waals surface area contributed by atoms with E-state index in [1.165, 1.54) is 5.70 Å². The average Bonchev–Trinajstić information content (AvgIpc) is 1.60. The van der Waals surface area contributed by atoms with E-state index in [1.54, 1.807) is 13.1 Å². The Kier molecular flexibility index (Phi) is 3.00. The van der Waals surface area contributed by atoms with E-state index in [9.17, 15) is 4.57 Å². The zero-order chi connectivity index (χ0) is 8.41. The van der Waals surface area contributed by atoms with Crippen LogP contribution in [-0.4, -0.2) is 18.1 Å². The summed E-state index contributed by atoms with van der Waals surface area (Å²) in [5, 5.41) is 0. The van der Waals surface area contributed by atoms with E-state index >= 15 is 0 Å². The van der Waals surface area contributed by atoms with Crippen molar-refractivity contribution in [3.05, 3.63) is 12.3 Å². The van der Waals surface area contributed by atoms with Crippen LogP contribution in [0.5, 0.6) is 0 Å². The predicted octanol–water partition coefficient (Wildman–Crippen LogP) is 1.03. The smallest absolute Gasteiger partial charge is 0.326 e. The quantitative estimate of drug-likeness (QED) is 0.505. The third kappa shape index (κ3) is 4.90. The standard InChI is InChI=1S/C4H11O4PSi/c1-4-10(2,3)8-9(5,6)7/h4H,1H2,2-3H3,(H2,5,6,7). The van der Waals surface area contributed by atoms with Gasteiger partial charge in [0.2, 0.25) is 8.32 Å². The van der Waals surface area contributed by atoms with E-state index in [0.29, 0.717) is 0 Å². The Hall–Kier alpha value is 0.0669. The molecule has 0 saturated carbocycles. The van der Waals surface area contributed by atoms with E-state index in [4.69, 9.17) is 9.79 Å². The second-order valence-electron chi connectivity index (χ2n) is 2.39. The van der Waals surface area contributed by atoms with Gasteiger partial charge in [0.25, 0.3) is 0 Å². The molecule has 0 saturated heterocycles. The fourth-order valence-corrected chi connectivity index (χ4v) is 3.09. The van der Waals surface area contributed by atoms with Crippen LogP contribution in [0.1, 0.15) is 0 Å². The molecule has 0 aromatic heterocycles. The van der Waals surface area contributed by atoms with Crippen molar-refractivity contribution in [3.63, 3.8) is 0 Å². The summed E-state index contributed by atoms with van der Waals surface area (Å²) < 4.78 is 14.7. The second-order valence-corrected chi connectivity index (χ2v) is 7.72. The Morgan fingerprint density at radius 2 is 2.00 bits per heavy atom. The molecular formula is C4H11O4PSi. The van der Waals surface area contributed by atoms with Crippen molar-refractivity contribution in [2.75, 3.05) is 0 Å². The van der Waals surface area contributed by atoms with Gasteiger partial charge in [-0.3, -0.25) is 0 Å². The average molecular weight is 182 g/mol. The highest BCUT2D eigenvalue weighted by Gasteiger charge is 2.28. The first-order chi connectivity index (χ1) is 4.27. The van der Waals surface area contributed by atoms with Crippen LogP contribution in [0.25, 0.3) is 0 Å². The van der Waals surface area contributed by atoms with Crippen LogP contribution in [0.15, 0.2) is 12.3 Å². The summed E-state index contributed by atoms with van der Waals surface area (Å²) in [6, 6.07) is 0. The molecule has 0 amide bonds. The minimum atomic E-state index is -4.31. The van der Waals surface area contributed by atoms with Crippen molar-refractivity contribution >= 4 is 16.1 Å². The van der Waals surface area contributed by atoms with E-state index in [2.05, 4.69) is 10.8 Å². The molecule has 0 rings (SSSR count). The summed E-state index contributed by atoms with van der Waals surface area (Å²) in [5.74, 6) is 0. The minimum absolute atomic E-state index is 1.46. The molecule has 0 aromatic rings. The molecule has 4 nitrogen and oxygen atoms in total. The third-order valence-corrected chi connectivity index (χ3v) is 4.66. The van der Waals surface area contributed by atoms with Gasteiger partial charge < -0.3 is 14.0 Å². The molecule has 0 radical (unpaired) electrons. The molecule has 0 heterocycles. The maximum Gasteiger partial charge on any atom is 0.460 e. The molecule has 0 aromatic carbocycles. The van der Waals surface area contributed by atoms with E-state index < -0.39 is 16.1 Å². The maximum absolute atomic E-state index is 10.3. The van der Waals surface area contributed by atoms with Gasteiger partial charge in [0.05, 0.1) is 0 Å². The molecule has 0 aliphatic carbocycles. The first kappa shape index (κ1) is 10.1. The SMILES string of the molecule is C=C[Si](C)(C)OP(=O)(O)O.